The molecule has 0 aliphatic carbocycles. The highest BCUT2D eigenvalue weighted by Crippen LogP contribution is 2.19. The molecule has 2 aromatic carbocycles. The first-order valence-electron chi connectivity index (χ1n) is 7.93. The van der Waals surface area contributed by atoms with Crippen LogP contribution in [0.5, 0.6) is 5.75 Å². The van der Waals surface area contributed by atoms with Gasteiger partial charge in [-0.1, -0.05) is 25.1 Å². The standard InChI is InChI=1S/C19H24N2O2/c1-4-11-23-17-9-6-8-16(12-17)20-13-19(22)21-18-10-5-7-14(2)15(18)3/h5-10,12,20H,4,11,13H2,1-3H3,(H,21,22). The lowest BCUT2D eigenvalue weighted by molar-refractivity contribution is -0.114. The molecule has 2 N–H and O–H groups in total. The lowest BCUT2D eigenvalue weighted by atomic mass is 10.1. The van der Waals surface area contributed by atoms with Crippen molar-refractivity contribution in [3.8, 4) is 5.75 Å². The number of hydrogen-bond donors (Lipinski definition) is 2. The summed E-state index contributed by atoms with van der Waals surface area (Å²) in [5, 5.41) is 6.06. The maximum atomic E-state index is 12.1. The SMILES string of the molecule is CCCOc1cccc(NCC(=O)Nc2cccc(C)c2C)c1. The summed E-state index contributed by atoms with van der Waals surface area (Å²) in [6, 6.07) is 13.5. The number of rotatable bonds is 7. The molecule has 2 aromatic rings. The third-order valence-electron chi connectivity index (χ3n) is 3.64. The maximum absolute atomic E-state index is 12.1. The van der Waals surface area contributed by atoms with Crippen molar-refractivity contribution in [2.24, 2.45) is 0 Å². The van der Waals surface area contributed by atoms with Crippen molar-refractivity contribution in [2.45, 2.75) is 27.2 Å². The van der Waals surface area contributed by atoms with Gasteiger partial charge in [-0.05, 0) is 49.6 Å². The van der Waals surface area contributed by atoms with Gasteiger partial charge in [-0.25, -0.2) is 0 Å². The zero-order valence-corrected chi connectivity index (χ0v) is 14.0. The van der Waals surface area contributed by atoms with Crippen LogP contribution in [-0.2, 0) is 4.79 Å². The molecule has 0 heterocycles. The minimum Gasteiger partial charge on any atom is -0.494 e. The molecule has 0 unspecified atom stereocenters. The number of carbonyl (C=O) groups is 1. The van der Waals surface area contributed by atoms with Gasteiger partial charge in [0.2, 0.25) is 5.91 Å². The van der Waals surface area contributed by atoms with Crippen molar-refractivity contribution >= 4 is 17.3 Å². The Balaban J connectivity index is 1.90. The van der Waals surface area contributed by atoms with Crippen LogP contribution < -0.4 is 15.4 Å². The molecule has 2 rings (SSSR count). The van der Waals surface area contributed by atoms with Crippen LogP contribution in [0, 0.1) is 13.8 Å². The Labute approximate surface area is 137 Å². The molecule has 122 valence electrons. The van der Waals surface area contributed by atoms with E-state index in [9.17, 15) is 4.79 Å². The minimum atomic E-state index is -0.0708. The van der Waals surface area contributed by atoms with Crippen LogP contribution in [0.15, 0.2) is 42.5 Å². The summed E-state index contributed by atoms with van der Waals surface area (Å²) in [5.74, 6) is 0.741. The van der Waals surface area contributed by atoms with Crippen LogP contribution in [0.25, 0.3) is 0 Å². The minimum absolute atomic E-state index is 0.0708. The lowest BCUT2D eigenvalue weighted by Crippen LogP contribution is -2.22. The smallest absolute Gasteiger partial charge is 0.243 e. The third-order valence-corrected chi connectivity index (χ3v) is 3.64. The monoisotopic (exact) mass is 312 g/mol. The molecule has 0 aromatic heterocycles. The van der Waals surface area contributed by atoms with Gasteiger partial charge >= 0.3 is 0 Å². The normalized spacial score (nSPS) is 10.2. The molecule has 0 spiro atoms. The van der Waals surface area contributed by atoms with Crippen molar-refractivity contribution < 1.29 is 9.53 Å². The molecule has 4 heteroatoms. The summed E-state index contributed by atoms with van der Waals surface area (Å²) >= 11 is 0. The summed E-state index contributed by atoms with van der Waals surface area (Å²) in [4.78, 5) is 12.1. The molecule has 23 heavy (non-hydrogen) atoms. The lowest BCUT2D eigenvalue weighted by Gasteiger charge is -2.12. The van der Waals surface area contributed by atoms with Gasteiger partial charge in [0.1, 0.15) is 5.75 Å². The van der Waals surface area contributed by atoms with Gasteiger partial charge in [0.25, 0.3) is 0 Å². The van der Waals surface area contributed by atoms with Crippen LogP contribution in [0.4, 0.5) is 11.4 Å². The Bertz CT molecular complexity index is 668. The molecule has 0 aliphatic heterocycles. The Morgan fingerprint density at radius 3 is 2.70 bits per heavy atom. The van der Waals surface area contributed by atoms with Crippen LogP contribution in [0.3, 0.4) is 0 Å². The summed E-state index contributed by atoms with van der Waals surface area (Å²) in [7, 11) is 0. The van der Waals surface area contributed by atoms with E-state index in [1.54, 1.807) is 0 Å². The van der Waals surface area contributed by atoms with Gasteiger partial charge < -0.3 is 15.4 Å². The largest absolute Gasteiger partial charge is 0.494 e. The van der Waals surface area contributed by atoms with Crippen LogP contribution in [0.1, 0.15) is 24.5 Å². The van der Waals surface area contributed by atoms with E-state index in [1.807, 2.05) is 56.3 Å². The summed E-state index contributed by atoms with van der Waals surface area (Å²) in [6.45, 7) is 7.01. The van der Waals surface area contributed by atoms with Crippen molar-refractivity contribution in [1.29, 1.82) is 0 Å². The maximum Gasteiger partial charge on any atom is 0.243 e. The molecular formula is C19H24N2O2. The highest BCUT2D eigenvalue weighted by molar-refractivity contribution is 5.94. The molecule has 0 fully saturated rings. The van der Waals surface area contributed by atoms with Gasteiger partial charge in [-0.3, -0.25) is 4.79 Å². The van der Waals surface area contributed by atoms with Gasteiger partial charge in [0.05, 0.1) is 13.2 Å². The summed E-state index contributed by atoms with van der Waals surface area (Å²) < 4.78 is 5.59. The number of amides is 1. The fraction of sp³-hybridized carbons (Fsp3) is 0.316. The Kier molecular flexibility index (Phi) is 6.03. The summed E-state index contributed by atoms with van der Waals surface area (Å²) in [6.07, 6.45) is 0.968. The van der Waals surface area contributed by atoms with E-state index in [0.29, 0.717) is 6.61 Å². The fourth-order valence-electron chi connectivity index (χ4n) is 2.18. The number of benzene rings is 2. The second-order valence-corrected chi connectivity index (χ2v) is 5.53. The zero-order valence-electron chi connectivity index (χ0n) is 14.0. The molecule has 0 atom stereocenters. The zero-order chi connectivity index (χ0) is 16.7. The van der Waals surface area contributed by atoms with Crippen molar-refractivity contribution in [1.82, 2.24) is 0 Å². The number of nitrogens with one attached hydrogen (secondary N) is 2. The van der Waals surface area contributed by atoms with Gasteiger partial charge in [-0.15, -0.1) is 0 Å². The number of hydrogen-bond acceptors (Lipinski definition) is 3. The topological polar surface area (TPSA) is 50.4 Å². The highest BCUT2D eigenvalue weighted by atomic mass is 16.5. The highest BCUT2D eigenvalue weighted by Gasteiger charge is 2.06. The molecule has 4 nitrogen and oxygen atoms in total. The van der Waals surface area contributed by atoms with E-state index in [2.05, 4.69) is 17.6 Å². The fourth-order valence-corrected chi connectivity index (χ4v) is 2.18. The quantitative estimate of drug-likeness (QED) is 0.808. The first-order valence-corrected chi connectivity index (χ1v) is 7.93. The Hall–Kier alpha value is -2.49. The first-order chi connectivity index (χ1) is 11.1. The second kappa shape index (κ2) is 8.22. The Morgan fingerprint density at radius 2 is 1.91 bits per heavy atom. The molecular weight excluding hydrogens is 288 g/mol. The second-order valence-electron chi connectivity index (χ2n) is 5.53. The number of anilines is 2. The van der Waals surface area contributed by atoms with E-state index >= 15 is 0 Å². The number of carbonyl (C=O) groups excluding carboxylic acids is 1. The van der Waals surface area contributed by atoms with Crippen molar-refractivity contribution in [3.05, 3.63) is 53.6 Å². The molecule has 0 radical (unpaired) electrons. The number of aryl methyl sites for hydroxylation is 1. The van der Waals surface area contributed by atoms with Crippen LogP contribution in [0.2, 0.25) is 0 Å². The average molecular weight is 312 g/mol. The van der Waals surface area contributed by atoms with E-state index in [4.69, 9.17) is 4.74 Å². The van der Waals surface area contributed by atoms with E-state index < -0.39 is 0 Å². The van der Waals surface area contributed by atoms with Crippen LogP contribution >= 0.6 is 0 Å². The average Bonchev–Trinajstić information content (AvgIpc) is 2.56. The molecule has 1 amide bonds. The predicted octanol–water partition coefficient (Wildman–Crippen LogP) is 4.14. The first kappa shape index (κ1) is 16.9. The Morgan fingerprint density at radius 1 is 1.13 bits per heavy atom. The molecule has 0 aliphatic rings. The predicted molar refractivity (Wildman–Crippen MR) is 95.3 cm³/mol. The molecule has 0 saturated heterocycles. The van der Waals surface area contributed by atoms with Crippen molar-refractivity contribution in [3.63, 3.8) is 0 Å². The molecule has 0 bridgehead atoms. The van der Waals surface area contributed by atoms with Gasteiger partial charge in [0, 0.05) is 17.4 Å². The van der Waals surface area contributed by atoms with Gasteiger partial charge in [0.15, 0.2) is 0 Å². The van der Waals surface area contributed by atoms with E-state index in [0.717, 1.165) is 34.7 Å². The van der Waals surface area contributed by atoms with E-state index in [-0.39, 0.29) is 12.5 Å². The molecule has 0 saturated carbocycles. The van der Waals surface area contributed by atoms with Crippen LogP contribution in [-0.4, -0.2) is 19.1 Å². The number of ether oxygens (including phenoxy) is 1. The third kappa shape index (κ3) is 5.02. The van der Waals surface area contributed by atoms with E-state index in [1.165, 1.54) is 0 Å². The van der Waals surface area contributed by atoms with Gasteiger partial charge in [-0.2, -0.15) is 0 Å². The van der Waals surface area contributed by atoms with Crippen molar-refractivity contribution in [2.75, 3.05) is 23.8 Å². The summed E-state index contributed by atoms with van der Waals surface area (Å²) in [5.41, 5.74) is 3.99.